The number of methoxy groups -OCH3 is 5. The van der Waals surface area contributed by atoms with Gasteiger partial charge in [0.05, 0.1) is 35.5 Å². The molecule has 0 fully saturated rings. The van der Waals surface area contributed by atoms with Gasteiger partial charge in [0.2, 0.25) is 11.7 Å². The second kappa shape index (κ2) is 9.67. The van der Waals surface area contributed by atoms with Crippen molar-refractivity contribution in [2.75, 3.05) is 35.5 Å². The Balaban J connectivity index is 1.77. The van der Waals surface area contributed by atoms with Gasteiger partial charge in [0.25, 0.3) is 0 Å². The number of rotatable bonds is 7. The normalized spacial score (nSPS) is 19.8. The van der Waals surface area contributed by atoms with Gasteiger partial charge in [-0.25, -0.2) is 0 Å². The van der Waals surface area contributed by atoms with Crippen LogP contribution in [0.5, 0.6) is 28.7 Å². The van der Waals surface area contributed by atoms with Crippen LogP contribution in [0.3, 0.4) is 0 Å². The summed E-state index contributed by atoms with van der Waals surface area (Å²) in [5.41, 5.74) is 2.93. The molecule has 4 rings (SSSR count). The van der Waals surface area contributed by atoms with E-state index in [4.69, 9.17) is 23.7 Å². The lowest BCUT2D eigenvalue weighted by Crippen LogP contribution is -2.38. The Bertz CT molecular complexity index is 1130. The Kier molecular flexibility index (Phi) is 6.68. The Labute approximate surface area is 198 Å². The summed E-state index contributed by atoms with van der Waals surface area (Å²) in [6, 6.07) is 9.16. The van der Waals surface area contributed by atoms with Crippen molar-refractivity contribution >= 4 is 11.7 Å². The molecule has 2 atom stereocenters. The van der Waals surface area contributed by atoms with E-state index in [0.717, 1.165) is 11.1 Å². The number of carbonyl (C=O) groups is 2. The van der Waals surface area contributed by atoms with Crippen LogP contribution >= 0.6 is 0 Å². The van der Waals surface area contributed by atoms with Gasteiger partial charge in [-0.2, -0.15) is 0 Å². The van der Waals surface area contributed by atoms with E-state index < -0.39 is 5.92 Å². The van der Waals surface area contributed by atoms with E-state index in [1.807, 2.05) is 18.2 Å². The standard InChI is InChI=1S/C26H29NO7/c1-30-16-6-7-21(31-2)17(12-16)14-8-19-25(20(28)9-14)18(13-24(29)27-19)15-10-22(32-3)26(34-5)23(11-15)33-4/h6-7,10-12,14,18H,8-9,13H2,1-5H3,(H,27,29)/t14-,18-/m1/s1. The van der Waals surface area contributed by atoms with Crippen LogP contribution < -0.4 is 29.0 Å². The monoisotopic (exact) mass is 467 g/mol. The molecule has 8 nitrogen and oxygen atoms in total. The zero-order chi connectivity index (χ0) is 24.4. The van der Waals surface area contributed by atoms with Gasteiger partial charge in [0.15, 0.2) is 17.3 Å². The van der Waals surface area contributed by atoms with E-state index in [0.29, 0.717) is 52.9 Å². The van der Waals surface area contributed by atoms with E-state index >= 15 is 0 Å². The Morgan fingerprint density at radius 2 is 1.44 bits per heavy atom. The fraction of sp³-hybridized carbons (Fsp3) is 0.385. The number of hydrogen-bond acceptors (Lipinski definition) is 7. The molecule has 34 heavy (non-hydrogen) atoms. The third kappa shape index (κ3) is 4.16. The minimum absolute atomic E-state index is 0.00475. The van der Waals surface area contributed by atoms with Crippen LogP contribution in [0, 0.1) is 0 Å². The molecule has 180 valence electrons. The zero-order valence-corrected chi connectivity index (χ0v) is 20.0. The van der Waals surface area contributed by atoms with Crippen molar-refractivity contribution < 1.29 is 33.3 Å². The molecule has 1 amide bonds. The summed E-state index contributed by atoms with van der Waals surface area (Å²) < 4.78 is 27.3. The SMILES string of the molecule is COc1ccc(OC)c([C@H]2CC(=O)C3=C(C2)NC(=O)C[C@@H]3c2cc(OC)c(OC)c(OC)c2)c1. The fourth-order valence-corrected chi connectivity index (χ4v) is 4.93. The van der Waals surface area contributed by atoms with Crippen molar-refractivity contribution in [2.45, 2.75) is 31.1 Å². The van der Waals surface area contributed by atoms with E-state index in [-0.39, 0.29) is 24.0 Å². The zero-order valence-electron chi connectivity index (χ0n) is 20.0. The van der Waals surface area contributed by atoms with Gasteiger partial charge in [-0.1, -0.05) is 0 Å². The van der Waals surface area contributed by atoms with Crippen LogP contribution in [0.4, 0.5) is 0 Å². The maximum atomic E-state index is 13.5. The number of carbonyl (C=O) groups excluding carboxylic acids is 2. The molecule has 1 aliphatic heterocycles. The molecule has 1 heterocycles. The predicted octanol–water partition coefficient (Wildman–Crippen LogP) is 3.73. The summed E-state index contributed by atoms with van der Waals surface area (Å²) in [6.45, 7) is 0. The number of allylic oxidation sites excluding steroid dienone is 2. The van der Waals surface area contributed by atoms with Crippen LogP contribution in [0.1, 0.15) is 42.2 Å². The number of ether oxygens (including phenoxy) is 5. The Morgan fingerprint density at radius 3 is 2.03 bits per heavy atom. The number of ketones is 1. The van der Waals surface area contributed by atoms with E-state index in [2.05, 4.69) is 5.32 Å². The van der Waals surface area contributed by atoms with Gasteiger partial charge in [-0.3, -0.25) is 9.59 Å². The van der Waals surface area contributed by atoms with E-state index in [9.17, 15) is 9.59 Å². The lowest BCUT2D eigenvalue weighted by Gasteiger charge is -2.35. The summed E-state index contributed by atoms with van der Waals surface area (Å²) in [5, 5.41) is 2.95. The van der Waals surface area contributed by atoms with Gasteiger partial charge in [0, 0.05) is 41.5 Å². The van der Waals surface area contributed by atoms with Crippen molar-refractivity contribution in [1.82, 2.24) is 5.32 Å². The predicted molar refractivity (Wildman–Crippen MR) is 125 cm³/mol. The first-order valence-electron chi connectivity index (χ1n) is 11.0. The smallest absolute Gasteiger partial charge is 0.225 e. The van der Waals surface area contributed by atoms with Crippen LogP contribution in [-0.2, 0) is 9.59 Å². The average molecular weight is 468 g/mol. The lowest BCUT2D eigenvalue weighted by molar-refractivity contribution is -0.122. The molecule has 2 aliphatic rings. The molecule has 0 aromatic heterocycles. The van der Waals surface area contributed by atoms with Crippen LogP contribution in [-0.4, -0.2) is 47.2 Å². The van der Waals surface area contributed by atoms with E-state index in [1.54, 1.807) is 26.4 Å². The van der Waals surface area contributed by atoms with Crippen LogP contribution in [0.2, 0.25) is 0 Å². The molecular weight excluding hydrogens is 438 g/mol. The molecule has 0 radical (unpaired) electrons. The number of benzene rings is 2. The summed E-state index contributed by atoms with van der Waals surface area (Å²) in [6.07, 6.45) is 0.979. The summed E-state index contributed by atoms with van der Waals surface area (Å²) in [5.74, 6) is 2.10. The lowest BCUT2D eigenvalue weighted by atomic mass is 9.73. The third-order valence-electron chi connectivity index (χ3n) is 6.50. The maximum Gasteiger partial charge on any atom is 0.225 e. The van der Waals surface area contributed by atoms with Gasteiger partial charge in [-0.05, 0) is 42.3 Å². The Hall–Kier alpha value is -3.68. The van der Waals surface area contributed by atoms with Gasteiger partial charge < -0.3 is 29.0 Å². The molecule has 1 aliphatic carbocycles. The van der Waals surface area contributed by atoms with Crippen molar-refractivity contribution in [3.63, 3.8) is 0 Å². The number of hydrogen-bond donors (Lipinski definition) is 1. The maximum absolute atomic E-state index is 13.5. The summed E-state index contributed by atoms with van der Waals surface area (Å²) in [7, 11) is 7.81. The highest BCUT2D eigenvalue weighted by Gasteiger charge is 2.39. The first-order chi connectivity index (χ1) is 16.4. The van der Waals surface area contributed by atoms with Crippen LogP contribution in [0.25, 0.3) is 0 Å². The first kappa shape index (κ1) is 23.5. The highest BCUT2D eigenvalue weighted by molar-refractivity contribution is 6.02. The molecule has 0 unspecified atom stereocenters. The highest BCUT2D eigenvalue weighted by Crippen LogP contribution is 2.47. The number of Topliss-reactive ketones (excluding diaryl/α,β-unsaturated/α-hetero) is 1. The second-order valence-electron chi connectivity index (χ2n) is 8.29. The minimum atomic E-state index is -0.405. The molecule has 0 saturated heterocycles. The molecule has 2 aromatic carbocycles. The van der Waals surface area contributed by atoms with E-state index in [1.165, 1.54) is 21.3 Å². The third-order valence-corrected chi connectivity index (χ3v) is 6.50. The van der Waals surface area contributed by atoms with Crippen molar-refractivity contribution in [3.05, 3.63) is 52.7 Å². The molecule has 1 N–H and O–H groups in total. The molecule has 0 saturated carbocycles. The van der Waals surface area contributed by atoms with Gasteiger partial charge in [-0.15, -0.1) is 0 Å². The largest absolute Gasteiger partial charge is 0.497 e. The molecular formula is C26H29NO7. The molecule has 8 heteroatoms. The van der Waals surface area contributed by atoms with Gasteiger partial charge >= 0.3 is 0 Å². The molecule has 0 bridgehead atoms. The number of amides is 1. The topological polar surface area (TPSA) is 92.3 Å². The number of nitrogens with one attached hydrogen (secondary N) is 1. The second-order valence-corrected chi connectivity index (χ2v) is 8.29. The van der Waals surface area contributed by atoms with Crippen molar-refractivity contribution in [1.29, 1.82) is 0 Å². The fourth-order valence-electron chi connectivity index (χ4n) is 4.93. The highest BCUT2D eigenvalue weighted by atomic mass is 16.5. The van der Waals surface area contributed by atoms with Crippen molar-refractivity contribution in [3.8, 4) is 28.7 Å². The molecule has 2 aromatic rings. The summed E-state index contributed by atoms with van der Waals surface area (Å²) in [4.78, 5) is 26.2. The minimum Gasteiger partial charge on any atom is -0.497 e. The van der Waals surface area contributed by atoms with Crippen LogP contribution in [0.15, 0.2) is 41.6 Å². The average Bonchev–Trinajstić information content (AvgIpc) is 2.86. The summed E-state index contributed by atoms with van der Waals surface area (Å²) >= 11 is 0. The Morgan fingerprint density at radius 1 is 0.765 bits per heavy atom. The van der Waals surface area contributed by atoms with Gasteiger partial charge in [0.1, 0.15) is 11.5 Å². The first-order valence-corrected chi connectivity index (χ1v) is 11.0. The molecule has 0 spiro atoms. The quantitative estimate of drug-likeness (QED) is 0.663. The van der Waals surface area contributed by atoms with Crippen molar-refractivity contribution in [2.24, 2.45) is 0 Å².